The Morgan fingerprint density at radius 3 is 2.94 bits per heavy atom. The van der Waals surface area contributed by atoms with Crippen LogP contribution in [0, 0.1) is 12.8 Å². The molecule has 0 aliphatic carbocycles. The highest BCUT2D eigenvalue weighted by Gasteiger charge is 2.14. The van der Waals surface area contributed by atoms with Gasteiger partial charge in [0.1, 0.15) is 0 Å². The fourth-order valence-corrected chi connectivity index (χ4v) is 1.95. The Morgan fingerprint density at radius 1 is 1.50 bits per heavy atom. The van der Waals surface area contributed by atoms with Gasteiger partial charge in [-0.2, -0.15) is 0 Å². The first-order valence-electron chi connectivity index (χ1n) is 5.38. The predicted octanol–water partition coefficient (Wildman–Crippen LogP) is 2.74. The first-order chi connectivity index (χ1) is 7.59. The Kier molecular flexibility index (Phi) is 2.69. The van der Waals surface area contributed by atoms with Gasteiger partial charge in [-0.15, -0.1) is 0 Å². The summed E-state index contributed by atoms with van der Waals surface area (Å²) in [6.07, 6.45) is 2.48. The van der Waals surface area contributed by atoms with E-state index in [1.165, 1.54) is 5.56 Å². The number of aryl methyl sites for hydroxylation is 1. The molecule has 1 atom stereocenters. The summed E-state index contributed by atoms with van der Waals surface area (Å²) in [6.45, 7) is 3.78. The third-order valence-corrected chi connectivity index (χ3v) is 2.96. The third kappa shape index (κ3) is 1.81. The van der Waals surface area contributed by atoms with Crippen LogP contribution in [0.3, 0.4) is 0 Å². The molecule has 2 N–H and O–H groups in total. The topological polar surface area (TPSA) is 53.1 Å². The number of fused-ring (bicyclic) bond motifs is 1. The van der Waals surface area contributed by atoms with Gasteiger partial charge in [0.25, 0.3) is 0 Å². The number of hydrogen-bond acceptors (Lipinski definition) is 1. The van der Waals surface area contributed by atoms with E-state index >= 15 is 0 Å². The first-order valence-corrected chi connectivity index (χ1v) is 5.38. The van der Waals surface area contributed by atoms with Crippen molar-refractivity contribution in [2.75, 3.05) is 0 Å². The van der Waals surface area contributed by atoms with Gasteiger partial charge in [-0.3, -0.25) is 4.79 Å². The SMILES string of the molecule is Cc1cccc2c(CC(C)C(=O)O)c[nH]c12. The van der Waals surface area contributed by atoms with Crippen LogP contribution in [0.1, 0.15) is 18.1 Å². The molecule has 3 nitrogen and oxygen atoms in total. The van der Waals surface area contributed by atoms with Crippen molar-refractivity contribution in [1.29, 1.82) is 0 Å². The molecule has 0 saturated carbocycles. The lowest BCUT2D eigenvalue weighted by molar-refractivity contribution is -0.141. The molecular formula is C13H15NO2. The van der Waals surface area contributed by atoms with Crippen LogP contribution in [0.2, 0.25) is 0 Å². The number of aromatic nitrogens is 1. The monoisotopic (exact) mass is 217 g/mol. The minimum absolute atomic E-state index is 0.348. The van der Waals surface area contributed by atoms with Crippen molar-refractivity contribution < 1.29 is 9.90 Å². The van der Waals surface area contributed by atoms with Crippen LogP contribution in [0.15, 0.2) is 24.4 Å². The Morgan fingerprint density at radius 2 is 2.25 bits per heavy atom. The molecule has 1 heterocycles. The summed E-state index contributed by atoms with van der Waals surface area (Å²) in [7, 11) is 0. The number of carboxylic acid groups (broad SMARTS) is 1. The summed E-state index contributed by atoms with van der Waals surface area (Å²) in [6, 6.07) is 6.08. The fourth-order valence-electron chi connectivity index (χ4n) is 1.95. The fraction of sp³-hybridized carbons (Fsp3) is 0.308. The zero-order chi connectivity index (χ0) is 11.7. The summed E-state index contributed by atoms with van der Waals surface area (Å²) >= 11 is 0. The van der Waals surface area contributed by atoms with Gasteiger partial charge in [0.15, 0.2) is 0 Å². The molecule has 1 unspecified atom stereocenters. The largest absolute Gasteiger partial charge is 0.481 e. The highest BCUT2D eigenvalue weighted by molar-refractivity contribution is 5.86. The number of aromatic amines is 1. The molecule has 0 saturated heterocycles. The maximum absolute atomic E-state index is 10.8. The van der Waals surface area contributed by atoms with E-state index in [4.69, 9.17) is 5.11 Å². The number of aliphatic carboxylic acids is 1. The highest BCUT2D eigenvalue weighted by atomic mass is 16.4. The summed E-state index contributed by atoms with van der Waals surface area (Å²) in [5, 5.41) is 10.0. The predicted molar refractivity (Wildman–Crippen MR) is 63.5 cm³/mol. The lowest BCUT2D eigenvalue weighted by Gasteiger charge is -2.04. The smallest absolute Gasteiger partial charge is 0.306 e. The number of carboxylic acids is 1. The van der Waals surface area contributed by atoms with Crippen LogP contribution < -0.4 is 0 Å². The molecule has 2 aromatic rings. The summed E-state index contributed by atoms with van der Waals surface area (Å²) in [4.78, 5) is 14.0. The molecule has 0 amide bonds. The van der Waals surface area contributed by atoms with Gasteiger partial charge in [0.2, 0.25) is 0 Å². The zero-order valence-corrected chi connectivity index (χ0v) is 9.45. The second kappa shape index (κ2) is 4.00. The molecule has 16 heavy (non-hydrogen) atoms. The molecule has 0 aliphatic heterocycles. The number of benzene rings is 1. The molecular weight excluding hydrogens is 202 g/mol. The molecule has 1 aromatic carbocycles. The summed E-state index contributed by atoms with van der Waals surface area (Å²) in [5.74, 6) is -1.10. The van der Waals surface area contributed by atoms with E-state index in [0.717, 1.165) is 16.5 Å². The Balaban J connectivity index is 2.39. The lowest BCUT2D eigenvalue weighted by Crippen LogP contribution is -2.11. The van der Waals surface area contributed by atoms with Crippen LogP contribution in [-0.2, 0) is 11.2 Å². The average molecular weight is 217 g/mol. The van der Waals surface area contributed by atoms with Crippen molar-refractivity contribution >= 4 is 16.9 Å². The van der Waals surface area contributed by atoms with E-state index in [0.29, 0.717) is 6.42 Å². The maximum Gasteiger partial charge on any atom is 0.306 e. The van der Waals surface area contributed by atoms with Crippen LogP contribution in [0.4, 0.5) is 0 Å². The van der Waals surface area contributed by atoms with Crippen molar-refractivity contribution in [3.05, 3.63) is 35.5 Å². The van der Waals surface area contributed by atoms with E-state index in [9.17, 15) is 4.79 Å². The van der Waals surface area contributed by atoms with Crippen LogP contribution in [0.25, 0.3) is 10.9 Å². The zero-order valence-electron chi connectivity index (χ0n) is 9.45. The van der Waals surface area contributed by atoms with E-state index < -0.39 is 5.97 Å². The molecule has 0 aliphatic rings. The summed E-state index contributed by atoms with van der Waals surface area (Å²) < 4.78 is 0. The van der Waals surface area contributed by atoms with Gasteiger partial charge >= 0.3 is 5.97 Å². The van der Waals surface area contributed by atoms with Gasteiger partial charge < -0.3 is 10.1 Å². The van der Waals surface area contributed by atoms with Crippen molar-refractivity contribution in [3.8, 4) is 0 Å². The minimum atomic E-state index is -0.748. The van der Waals surface area contributed by atoms with Crippen molar-refractivity contribution in [2.24, 2.45) is 5.92 Å². The van der Waals surface area contributed by atoms with Crippen molar-refractivity contribution in [2.45, 2.75) is 20.3 Å². The lowest BCUT2D eigenvalue weighted by atomic mass is 10.00. The number of hydrogen-bond donors (Lipinski definition) is 2. The van der Waals surface area contributed by atoms with Gasteiger partial charge in [-0.05, 0) is 24.5 Å². The molecule has 0 spiro atoms. The van der Waals surface area contributed by atoms with Crippen LogP contribution >= 0.6 is 0 Å². The van der Waals surface area contributed by atoms with Gasteiger partial charge in [0, 0.05) is 17.1 Å². The minimum Gasteiger partial charge on any atom is -0.481 e. The van der Waals surface area contributed by atoms with E-state index in [2.05, 4.69) is 4.98 Å². The molecule has 0 fully saturated rings. The standard InChI is InChI=1S/C13H15NO2/c1-8-4-3-5-11-10(7-14-12(8)11)6-9(2)13(15)16/h3-5,7,9,14H,6H2,1-2H3,(H,15,16). The molecule has 0 radical (unpaired) electrons. The second-order valence-corrected chi connectivity index (χ2v) is 4.25. The van der Waals surface area contributed by atoms with Gasteiger partial charge in [0.05, 0.1) is 5.92 Å². The average Bonchev–Trinajstić information content (AvgIpc) is 2.63. The number of rotatable bonds is 3. The molecule has 2 rings (SSSR count). The van der Waals surface area contributed by atoms with Crippen LogP contribution in [-0.4, -0.2) is 16.1 Å². The first kappa shape index (κ1) is 10.7. The molecule has 84 valence electrons. The number of nitrogens with one attached hydrogen (secondary N) is 1. The second-order valence-electron chi connectivity index (χ2n) is 4.25. The number of H-pyrrole nitrogens is 1. The number of carbonyl (C=O) groups is 1. The summed E-state index contributed by atoms with van der Waals surface area (Å²) in [5.41, 5.74) is 3.37. The Hall–Kier alpha value is -1.77. The van der Waals surface area contributed by atoms with Crippen LogP contribution in [0.5, 0.6) is 0 Å². The van der Waals surface area contributed by atoms with E-state index in [1.807, 2.05) is 31.3 Å². The van der Waals surface area contributed by atoms with Gasteiger partial charge in [-0.25, -0.2) is 0 Å². The Labute approximate surface area is 94.1 Å². The normalized spacial score (nSPS) is 12.9. The van der Waals surface area contributed by atoms with E-state index in [-0.39, 0.29) is 5.92 Å². The maximum atomic E-state index is 10.8. The molecule has 1 aromatic heterocycles. The highest BCUT2D eigenvalue weighted by Crippen LogP contribution is 2.23. The van der Waals surface area contributed by atoms with Crippen molar-refractivity contribution in [1.82, 2.24) is 4.98 Å². The van der Waals surface area contributed by atoms with Crippen molar-refractivity contribution in [3.63, 3.8) is 0 Å². The van der Waals surface area contributed by atoms with E-state index in [1.54, 1.807) is 6.92 Å². The molecule has 3 heteroatoms. The quantitative estimate of drug-likeness (QED) is 0.830. The number of para-hydroxylation sites is 1. The Bertz CT molecular complexity index is 528. The van der Waals surface area contributed by atoms with Gasteiger partial charge in [-0.1, -0.05) is 25.1 Å². The third-order valence-electron chi connectivity index (χ3n) is 2.96. The molecule has 0 bridgehead atoms.